The van der Waals surface area contributed by atoms with Gasteiger partial charge in [0.15, 0.2) is 15.4 Å². The number of rotatable bonds is 3. The van der Waals surface area contributed by atoms with E-state index in [0.29, 0.717) is 15.4 Å². The van der Waals surface area contributed by atoms with E-state index in [4.69, 9.17) is 17.2 Å². The molecule has 0 atom stereocenters. The first-order chi connectivity index (χ1) is 9.13. The molecule has 0 amide bonds. The Balaban J connectivity index is 2.10. The number of nitrogen functional groups attached to an aromatic ring is 3. The van der Waals surface area contributed by atoms with Crippen LogP contribution in [0.5, 0.6) is 0 Å². The van der Waals surface area contributed by atoms with Gasteiger partial charge >= 0.3 is 0 Å². The number of nitrogens with two attached hydrogens (primary N) is 3. The van der Waals surface area contributed by atoms with Gasteiger partial charge in [0.25, 0.3) is 0 Å². The number of thiazole rings is 3. The maximum atomic E-state index is 5.73. The Morgan fingerprint density at radius 3 is 1.21 bits per heavy atom. The summed E-state index contributed by atoms with van der Waals surface area (Å²) < 4.78 is 3.29. The zero-order valence-electron chi connectivity index (χ0n) is 9.48. The minimum Gasteiger partial charge on any atom is -0.375 e. The Morgan fingerprint density at radius 1 is 0.684 bits per heavy atom. The molecule has 3 aromatic heterocycles. The quantitative estimate of drug-likeness (QED) is 0.605. The normalized spacial score (nSPS) is 11.2. The van der Waals surface area contributed by atoms with Crippen molar-refractivity contribution >= 4 is 71.2 Å². The van der Waals surface area contributed by atoms with Crippen molar-refractivity contribution < 1.29 is 0 Å². The maximum Gasteiger partial charge on any atom is 0.180 e. The van der Waals surface area contributed by atoms with Gasteiger partial charge in [-0.3, -0.25) is 0 Å². The Kier molecular flexibility index (Phi) is 3.36. The summed E-state index contributed by atoms with van der Waals surface area (Å²) in [6.07, 6.45) is 5.41. The van der Waals surface area contributed by atoms with Gasteiger partial charge in [-0.2, -0.15) is 0 Å². The molecule has 19 heavy (non-hydrogen) atoms. The zero-order chi connectivity index (χ0) is 13.4. The van der Waals surface area contributed by atoms with Crippen LogP contribution < -0.4 is 31.1 Å². The van der Waals surface area contributed by atoms with Crippen molar-refractivity contribution in [3.8, 4) is 0 Å². The van der Waals surface area contributed by atoms with Gasteiger partial charge < -0.3 is 17.2 Å². The first kappa shape index (κ1) is 12.7. The highest BCUT2D eigenvalue weighted by Gasteiger charge is 2.23. The summed E-state index contributed by atoms with van der Waals surface area (Å²) in [6, 6.07) is 0. The summed E-state index contributed by atoms with van der Waals surface area (Å²) in [4.78, 5) is 12.4. The van der Waals surface area contributed by atoms with Crippen LogP contribution in [0.1, 0.15) is 0 Å². The number of hydrogen-bond acceptors (Lipinski definition) is 9. The van der Waals surface area contributed by atoms with Crippen molar-refractivity contribution in [3.63, 3.8) is 0 Å². The van der Waals surface area contributed by atoms with E-state index in [-0.39, 0.29) is 0 Å². The highest BCUT2D eigenvalue weighted by molar-refractivity contribution is 7.91. The molecule has 3 heterocycles. The van der Waals surface area contributed by atoms with E-state index in [1.165, 1.54) is 34.0 Å². The van der Waals surface area contributed by atoms with Gasteiger partial charge in [0, 0.05) is 26.5 Å². The maximum absolute atomic E-state index is 5.73. The Morgan fingerprint density at radius 2 is 1.00 bits per heavy atom. The second-order valence-electron chi connectivity index (χ2n) is 3.45. The van der Waals surface area contributed by atoms with Crippen molar-refractivity contribution in [3.05, 3.63) is 18.6 Å². The second-order valence-corrected chi connectivity index (χ2v) is 9.66. The number of nitrogens with zero attached hydrogens (tertiary/aromatic N) is 3. The fourth-order valence-electron chi connectivity index (χ4n) is 1.47. The van der Waals surface area contributed by atoms with Gasteiger partial charge in [-0.1, -0.05) is 34.0 Å². The lowest BCUT2D eigenvalue weighted by molar-refractivity contribution is 1.43. The van der Waals surface area contributed by atoms with Crippen molar-refractivity contribution in [2.75, 3.05) is 17.2 Å². The third-order valence-electron chi connectivity index (χ3n) is 2.20. The molecule has 98 valence electrons. The molecule has 0 unspecified atom stereocenters. The van der Waals surface area contributed by atoms with Gasteiger partial charge in [0.1, 0.15) is 0 Å². The summed E-state index contributed by atoms with van der Waals surface area (Å²) in [5.74, 6) is 0. The molecule has 6 N–H and O–H groups in total. The van der Waals surface area contributed by atoms with Gasteiger partial charge in [-0.05, 0) is 0 Å². The van der Waals surface area contributed by atoms with Crippen LogP contribution in [0.4, 0.5) is 15.4 Å². The number of anilines is 3. The summed E-state index contributed by atoms with van der Waals surface area (Å²) >= 11 is 4.43. The average molecular weight is 328 g/mol. The first-order valence-corrected chi connectivity index (χ1v) is 8.86. The van der Waals surface area contributed by atoms with Crippen molar-refractivity contribution in [1.82, 2.24) is 15.0 Å². The summed E-state index contributed by atoms with van der Waals surface area (Å²) in [6.45, 7) is 0. The van der Waals surface area contributed by atoms with Crippen LogP contribution in [-0.2, 0) is 0 Å². The van der Waals surface area contributed by atoms with Crippen LogP contribution in [0.3, 0.4) is 0 Å². The first-order valence-electron chi connectivity index (χ1n) is 5.07. The molecule has 0 saturated carbocycles. The van der Waals surface area contributed by atoms with Gasteiger partial charge in [-0.15, -0.1) is 0 Å². The van der Waals surface area contributed by atoms with E-state index in [2.05, 4.69) is 15.0 Å². The lowest BCUT2D eigenvalue weighted by Gasteiger charge is -2.09. The van der Waals surface area contributed by atoms with E-state index in [1.807, 2.05) is 0 Å². The molecule has 10 heteroatoms. The molecule has 0 fully saturated rings. The minimum atomic E-state index is -0.755. The van der Waals surface area contributed by atoms with Crippen molar-refractivity contribution in [2.24, 2.45) is 0 Å². The predicted molar refractivity (Wildman–Crippen MR) is 85.4 cm³/mol. The monoisotopic (exact) mass is 328 g/mol. The van der Waals surface area contributed by atoms with E-state index in [9.17, 15) is 0 Å². The van der Waals surface area contributed by atoms with Gasteiger partial charge in [0.2, 0.25) is 0 Å². The smallest absolute Gasteiger partial charge is 0.180 e. The molecule has 0 aromatic carbocycles. The molecule has 3 aromatic rings. The standard InChI is InChI=1S/C9H9N6PS3/c10-7-13-1-4(17-7)16(5-2-14-8(11)18-5)6-3-15-9(12)19-6/h1-3H,(H2,10,13)(H2,11,14)(H2,12,15). The van der Waals surface area contributed by atoms with E-state index in [1.54, 1.807) is 18.6 Å². The average Bonchev–Trinajstić information content (AvgIpc) is 3.05. The van der Waals surface area contributed by atoms with Crippen LogP contribution in [0.25, 0.3) is 0 Å². The number of aromatic nitrogens is 3. The van der Waals surface area contributed by atoms with Crippen LogP contribution in [0, 0.1) is 0 Å². The van der Waals surface area contributed by atoms with Crippen LogP contribution >= 0.6 is 41.9 Å². The molecule has 0 aliphatic carbocycles. The molecule has 0 spiro atoms. The fraction of sp³-hybridized carbons (Fsp3) is 0. The van der Waals surface area contributed by atoms with Crippen molar-refractivity contribution in [2.45, 2.75) is 0 Å². The topological polar surface area (TPSA) is 117 Å². The van der Waals surface area contributed by atoms with E-state index < -0.39 is 7.92 Å². The van der Waals surface area contributed by atoms with Crippen LogP contribution in [0.15, 0.2) is 18.6 Å². The number of hydrogen-bond donors (Lipinski definition) is 3. The van der Waals surface area contributed by atoms with Crippen LogP contribution in [0.2, 0.25) is 0 Å². The summed E-state index contributed by atoms with van der Waals surface area (Å²) in [5.41, 5.74) is 17.2. The molecule has 6 nitrogen and oxygen atoms in total. The van der Waals surface area contributed by atoms with Gasteiger partial charge in [0.05, 0.1) is 13.9 Å². The Labute approximate surface area is 122 Å². The zero-order valence-corrected chi connectivity index (χ0v) is 12.8. The second kappa shape index (κ2) is 5.01. The molecular weight excluding hydrogens is 319 g/mol. The lowest BCUT2D eigenvalue weighted by Crippen LogP contribution is -2.14. The minimum absolute atomic E-state index is 0.553. The van der Waals surface area contributed by atoms with E-state index >= 15 is 0 Å². The third-order valence-corrected chi connectivity index (χ3v) is 8.22. The predicted octanol–water partition coefficient (Wildman–Crippen LogP) is 0.561. The third kappa shape index (κ3) is 2.55. The van der Waals surface area contributed by atoms with Gasteiger partial charge in [-0.25, -0.2) is 15.0 Å². The molecule has 0 aliphatic heterocycles. The van der Waals surface area contributed by atoms with E-state index in [0.717, 1.165) is 13.9 Å². The van der Waals surface area contributed by atoms with Crippen molar-refractivity contribution in [1.29, 1.82) is 0 Å². The molecule has 0 saturated heterocycles. The molecule has 0 radical (unpaired) electrons. The highest BCUT2D eigenvalue weighted by Crippen LogP contribution is 2.39. The van der Waals surface area contributed by atoms with Crippen LogP contribution in [-0.4, -0.2) is 15.0 Å². The summed E-state index contributed by atoms with van der Waals surface area (Å²) in [5, 5.41) is 1.66. The summed E-state index contributed by atoms with van der Waals surface area (Å²) in [7, 11) is -0.755. The molecule has 0 bridgehead atoms. The molecule has 3 rings (SSSR count). The molecule has 0 aliphatic rings. The largest absolute Gasteiger partial charge is 0.375 e. The SMILES string of the molecule is Nc1ncc(P(c2cnc(N)s2)c2cnc(N)s2)s1. The molecular formula is C9H9N6PS3. The lowest BCUT2D eigenvalue weighted by atomic mass is 11.0. The Hall–Kier alpha value is -1.28. The Bertz CT molecular complexity index is 609. The fourth-order valence-corrected chi connectivity index (χ4v) is 8.15. The highest BCUT2D eigenvalue weighted by atomic mass is 32.1.